The van der Waals surface area contributed by atoms with Crippen molar-refractivity contribution in [3.05, 3.63) is 85.1 Å². The number of carbonyl (C=O) groups is 1. The van der Waals surface area contributed by atoms with Crippen molar-refractivity contribution in [2.45, 2.75) is 0 Å². The Hall–Kier alpha value is -2.89. The molecule has 0 atom stereocenters. The van der Waals surface area contributed by atoms with E-state index in [1.807, 2.05) is 4.98 Å². The number of carboxylic acid groups (broad SMARTS) is 1. The predicted molar refractivity (Wildman–Crippen MR) is 81.4 cm³/mol. The van der Waals surface area contributed by atoms with E-state index in [-0.39, 0.29) is 44.7 Å². The normalized spacial score (nSPS) is 7.56. The molecule has 0 spiro atoms. The molecule has 0 radical (unpaired) electrons. The summed E-state index contributed by atoms with van der Waals surface area (Å²) < 4.78 is 12.0. The fourth-order valence-corrected chi connectivity index (χ4v) is 1.02. The third kappa shape index (κ3) is 12.2. The monoisotopic (exact) mass is 540 g/mol. The first kappa shape index (κ1) is 30.0. The summed E-state index contributed by atoms with van der Waals surface area (Å²) in [5.74, 6) is -2.36. The Labute approximate surface area is 153 Å². The zero-order chi connectivity index (χ0) is 17.1. The Kier molecular flexibility index (Phi) is 19.2. The summed E-state index contributed by atoms with van der Waals surface area (Å²) in [6.45, 7) is 0. The summed E-state index contributed by atoms with van der Waals surface area (Å²) in [5, 5.41) is 26.3. The van der Waals surface area contributed by atoms with E-state index in [0.29, 0.717) is 6.20 Å². The number of aromatic nitrogens is 2. The molecule has 1 aromatic heterocycles. The Bertz CT molecular complexity index is 752. The Morgan fingerprint density at radius 1 is 1.24 bits per heavy atom. The van der Waals surface area contributed by atoms with Gasteiger partial charge in [-0.2, -0.15) is 0 Å². The molecule has 144 valence electrons. The number of nitrogens with zero attached hydrogens (tertiary/aromatic N) is 2. The maximum Gasteiger partial charge on any atom is 0.339 e. The third-order valence-electron chi connectivity index (χ3n) is 1.86. The summed E-state index contributed by atoms with van der Waals surface area (Å²) in [5.41, 5.74) is -2.03. The van der Waals surface area contributed by atoms with Crippen molar-refractivity contribution in [3.63, 3.8) is 0 Å². The molecule has 0 bridgehead atoms. The van der Waals surface area contributed by atoms with Crippen LogP contribution in [-0.2, 0) is 21.1 Å². The van der Waals surface area contributed by atoms with E-state index in [0.717, 1.165) is 5.34 Å². The number of aromatic amines is 1. The maximum absolute atomic E-state index is 12.0. The van der Waals surface area contributed by atoms with Crippen LogP contribution in [0.1, 0.15) is 10.4 Å². The van der Waals surface area contributed by atoms with Gasteiger partial charge in [0, 0.05) is 21.1 Å². The smallest absolute Gasteiger partial charge is 0.339 e. The van der Waals surface area contributed by atoms with Crippen molar-refractivity contribution in [2.24, 2.45) is 5.34 Å². The average Bonchev–Trinajstić information content (AvgIpc) is 2.45. The van der Waals surface area contributed by atoms with Crippen molar-refractivity contribution < 1.29 is 40.5 Å². The molecule has 2 aromatic rings. The van der Waals surface area contributed by atoms with Gasteiger partial charge in [0.2, 0.25) is 5.56 Å². The molecule has 0 aliphatic heterocycles. The van der Waals surface area contributed by atoms with Crippen LogP contribution in [0.5, 0.6) is 5.75 Å². The van der Waals surface area contributed by atoms with Gasteiger partial charge < -0.3 is 42.6 Å². The van der Waals surface area contributed by atoms with Crippen LogP contribution in [-0.4, -0.2) is 21.2 Å². The minimum absolute atomic E-state index is 0. The number of hydrogen-bond donors (Lipinski definition) is 3. The molecule has 2 rings (SSSR count). The molecule has 1 heterocycles. The van der Waals surface area contributed by atoms with Gasteiger partial charge in [-0.05, 0) is 18.3 Å². The van der Waals surface area contributed by atoms with Crippen molar-refractivity contribution in [3.8, 4) is 5.75 Å². The molecule has 0 aliphatic carbocycles. The van der Waals surface area contributed by atoms with E-state index in [4.69, 9.17) is 20.3 Å². The molecular formula is C11H12FN5O7Pt-4. The van der Waals surface area contributed by atoms with Crippen LogP contribution in [0.2, 0.25) is 0 Å². The second kappa shape index (κ2) is 16.0. The molecule has 0 aliphatic rings. The quantitative estimate of drug-likeness (QED) is 0.353. The minimum atomic E-state index is -1.13. The van der Waals surface area contributed by atoms with Crippen LogP contribution < -0.4 is 16.2 Å². The van der Waals surface area contributed by atoms with Crippen molar-refractivity contribution in [1.82, 2.24) is 9.97 Å². The van der Waals surface area contributed by atoms with Gasteiger partial charge in [0.1, 0.15) is 11.3 Å². The summed E-state index contributed by atoms with van der Waals surface area (Å²) in [4.78, 5) is 43.1. The van der Waals surface area contributed by atoms with Gasteiger partial charge in [0.15, 0.2) is 11.5 Å². The van der Waals surface area contributed by atoms with E-state index in [1.165, 1.54) is 12.1 Å². The van der Waals surface area contributed by atoms with Gasteiger partial charge >= 0.3 is 5.97 Å². The van der Waals surface area contributed by atoms with E-state index >= 15 is 0 Å². The number of aromatic carboxylic acids is 1. The Morgan fingerprint density at radius 2 is 1.72 bits per heavy atom. The number of para-hydroxylation sites is 1. The number of hydrogen-bond acceptors (Lipinski definition) is 7. The standard InChI is InChI=1S/C7H6O3.C4H3FN2O2.HNO2.2H2N.Pt/c8-6-4-2-1-3-5(6)7(9)10;5-2-1-6-4(9)7-3(2)8;2-1-3;;;/h1-4,8H,(H,9,10);1H,(H2,6,7,8,9);(H,2,3);2*1H2;/q;;;2*-1;/p-2. The molecule has 7 N–H and O–H groups in total. The fourth-order valence-electron chi connectivity index (χ4n) is 1.02. The van der Waals surface area contributed by atoms with Crippen LogP contribution >= 0.6 is 0 Å². The first-order valence-electron chi connectivity index (χ1n) is 5.22. The zero-order valence-corrected chi connectivity index (χ0v) is 14.3. The van der Waals surface area contributed by atoms with Gasteiger partial charge in [-0.3, -0.25) is 9.59 Å². The average molecular weight is 540 g/mol. The van der Waals surface area contributed by atoms with Crippen LogP contribution in [0.3, 0.4) is 0 Å². The summed E-state index contributed by atoms with van der Waals surface area (Å²) >= 11 is 0. The number of H-pyrrole nitrogens is 1. The maximum atomic E-state index is 12.0. The number of nitrogens with one attached hydrogen (secondary N) is 1. The molecule has 0 amide bonds. The van der Waals surface area contributed by atoms with Crippen LogP contribution in [0, 0.1) is 15.9 Å². The van der Waals surface area contributed by atoms with E-state index in [2.05, 4.69) is 4.98 Å². The van der Waals surface area contributed by atoms with Gasteiger partial charge in [-0.25, -0.2) is 9.18 Å². The largest absolute Gasteiger partial charge is 0.693 e. The Balaban J connectivity index is -0.000000139. The first-order valence-corrected chi connectivity index (χ1v) is 5.22. The van der Waals surface area contributed by atoms with Gasteiger partial charge in [0.25, 0.3) is 0 Å². The van der Waals surface area contributed by atoms with E-state index in [9.17, 15) is 18.8 Å². The molecule has 25 heavy (non-hydrogen) atoms. The van der Waals surface area contributed by atoms with Crippen molar-refractivity contribution in [2.75, 3.05) is 0 Å². The molecule has 14 heteroatoms. The van der Waals surface area contributed by atoms with E-state index in [1.54, 1.807) is 12.1 Å². The summed E-state index contributed by atoms with van der Waals surface area (Å²) in [6.07, 6.45) is 0.678. The van der Waals surface area contributed by atoms with Crippen LogP contribution in [0.25, 0.3) is 12.3 Å². The second-order valence-corrected chi connectivity index (χ2v) is 3.26. The summed E-state index contributed by atoms with van der Waals surface area (Å²) in [6, 6.07) is 5.81. The number of rotatable bonds is 1. The first-order chi connectivity index (χ1) is 10.3. The number of carboxylic acids is 1. The molecule has 1 aromatic carbocycles. The second-order valence-electron chi connectivity index (χ2n) is 3.26. The number of phenols is 1. The van der Waals surface area contributed by atoms with Crippen LogP contribution in [0.15, 0.2) is 45.4 Å². The van der Waals surface area contributed by atoms with Gasteiger partial charge in [-0.1, -0.05) is 12.1 Å². The Morgan fingerprint density at radius 3 is 2.04 bits per heavy atom. The molecule has 0 saturated heterocycles. The molecular weight excluding hydrogens is 528 g/mol. The fraction of sp³-hybridized carbons (Fsp3) is 0. The van der Waals surface area contributed by atoms with E-state index < -0.39 is 23.0 Å². The zero-order valence-electron chi connectivity index (χ0n) is 12.1. The number of benzene rings is 1. The molecule has 0 fully saturated rings. The molecule has 12 nitrogen and oxygen atoms in total. The summed E-state index contributed by atoms with van der Waals surface area (Å²) in [7, 11) is 0. The topological polar surface area (TPSA) is 241 Å². The van der Waals surface area contributed by atoms with Crippen LogP contribution in [0.4, 0.5) is 4.39 Å². The SMILES string of the molecule is O=C(O)c1ccccc1O.O=N[O-].O=c1[n-]c(=O)c(F)c[nH]1.[NH2-].[NH2-].[Pt]. The minimum Gasteiger partial charge on any atom is -0.693 e. The van der Waals surface area contributed by atoms with Crippen molar-refractivity contribution >= 4 is 5.97 Å². The third-order valence-corrected chi connectivity index (χ3v) is 1.86. The van der Waals surface area contributed by atoms with Gasteiger partial charge in [0.05, 0.1) is 0 Å². The number of nitrogens with two attached hydrogens (primary N) is 2. The van der Waals surface area contributed by atoms with Gasteiger partial charge in [-0.15, -0.1) is 5.34 Å². The predicted octanol–water partition coefficient (Wildman–Crippen LogP) is 1.60. The number of aromatic hydroxyl groups is 1. The van der Waals surface area contributed by atoms with Crippen molar-refractivity contribution in [1.29, 1.82) is 0 Å². The molecule has 0 unspecified atom stereocenters. The number of halogens is 1. The molecule has 0 saturated carbocycles.